The lowest BCUT2D eigenvalue weighted by atomic mass is 10.0. The predicted molar refractivity (Wildman–Crippen MR) is 69.7 cm³/mol. The molecule has 1 heterocycles. The van der Waals surface area contributed by atoms with E-state index in [9.17, 15) is 13.6 Å². The van der Waals surface area contributed by atoms with Crippen molar-refractivity contribution in [2.75, 3.05) is 26.4 Å². The Morgan fingerprint density at radius 2 is 1.84 bits per heavy atom. The monoisotopic (exact) mass is 278 g/mol. The number of alkyl carbamates (subject to hydrolysis) is 1. The third kappa shape index (κ3) is 5.72. The summed E-state index contributed by atoms with van der Waals surface area (Å²) in [5.74, 6) is 0. The van der Waals surface area contributed by atoms with E-state index in [-0.39, 0.29) is 6.04 Å². The Hall–Kier alpha value is -0.910. The lowest BCUT2D eigenvalue weighted by Crippen LogP contribution is -2.50. The summed E-state index contributed by atoms with van der Waals surface area (Å²) in [6.07, 6.45) is 0.948. The highest BCUT2D eigenvalue weighted by Gasteiger charge is 2.27. The van der Waals surface area contributed by atoms with Gasteiger partial charge in [0.15, 0.2) is 0 Å². The molecule has 0 saturated carbocycles. The zero-order valence-electron chi connectivity index (χ0n) is 11.9. The number of hydrogen-bond acceptors (Lipinski definition) is 3. The first-order valence-corrected chi connectivity index (χ1v) is 6.71. The standard InChI is InChI=1S/C13H24F2N2O2/c1-13(2,3)19-12(18)16-10-4-6-17(7-5-10)11(8-14)9-15/h10-11H,4-9H2,1-3H3,(H,16,18). The van der Waals surface area contributed by atoms with Crippen molar-refractivity contribution in [3.63, 3.8) is 0 Å². The number of alkyl halides is 2. The van der Waals surface area contributed by atoms with Crippen LogP contribution in [0, 0.1) is 0 Å². The number of carbonyl (C=O) groups excluding carboxylic acids is 1. The average molecular weight is 278 g/mol. The van der Waals surface area contributed by atoms with E-state index in [0.29, 0.717) is 25.9 Å². The highest BCUT2D eigenvalue weighted by Crippen LogP contribution is 2.15. The molecular formula is C13H24F2N2O2. The Morgan fingerprint density at radius 3 is 2.26 bits per heavy atom. The number of carbonyl (C=O) groups is 1. The first-order valence-electron chi connectivity index (χ1n) is 6.71. The molecule has 1 aliphatic heterocycles. The number of halogens is 2. The number of nitrogens with one attached hydrogen (secondary N) is 1. The smallest absolute Gasteiger partial charge is 0.407 e. The van der Waals surface area contributed by atoms with Crippen LogP contribution >= 0.6 is 0 Å². The van der Waals surface area contributed by atoms with E-state index in [1.165, 1.54) is 0 Å². The van der Waals surface area contributed by atoms with Gasteiger partial charge in [-0.05, 0) is 33.6 Å². The lowest BCUT2D eigenvalue weighted by molar-refractivity contribution is 0.0454. The summed E-state index contributed by atoms with van der Waals surface area (Å²) in [6, 6.07) is -0.617. The summed E-state index contributed by atoms with van der Waals surface area (Å²) in [5, 5.41) is 2.80. The van der Waals surface area contributed by atoms with Crippen LogP contribution in [0.3, 0.4) is 0 Å². The SMILES string of the molecule is CC(C)(C)OC(=O)NC1CCN(C(CF)CF)CC1. The van der Waals surface area contributed by atoms with Crippen molar-refractivity contribution < 1.29 is 18.3 Å². The van der Waals surface area contributed by atoms with Gasteiger partial charge in [-0.15, -0.1) is 0 Å². The Labute approximate surface area is 113 Å². The summed E-state index contributed by atoms with van der Waals surface area (Å²) in [5.41, 5.74) is -0.516. The molecule has 1 aliphatic rings. The van der Waals surface area contributed by atoms with E-state index in [2.05, 4.69) is 5.32 Å². The minimum Gasteiger partial charge on any atom is -0.444 e. The number of amides is 1. The molecule has 112 valence electrons. The Morgan fingerprint density at radius 1 is 1.32 bits per heavy atom. The Bertz CT molecular complexity index is 283. The summed E-state index contributed by atoms with van der Waals surface area (Å²) in [6.45, 7) is 5.28. The van der Waals surface area contributed by atoms with Crippen molar-refractivity contribution in [3.8, 4) is 0 Å². The largest absolute Gasteiger partial charge is 0.444 e. The molecule has 0 radical (unpaired) electrons. The molecule has 0 unspecified atom stereocenters. The van der Waals surface area contributed by atoms with E-state index in [4.69, 9.17) is 4.74 Å². The molecule has 1 N–H and O–H groups in total. The molecule has 1 amide bonds. The second-order valence-corrected chi connectivity index (χ2v) is 5.92. The Kier molecular flexibility index (Phi) is 5.97. The van der Waals surface area contributed by atoms with Crippen LogP contribution in [0.2, 0.25) is 0 Å². The number of nitrogens with zero attached hydrogens (tertiary/aromatic N) is 1. The van der Waals surface area contributed by atoms with E-state index in [0.717, 1.165) is 0 Å². The van der Waals surface area contributed by atoms with Crippen molar-refractivity contribution in [2.45, 2.75) is 51.3 Å². The molecule has 0 bridgehead atoms. The average Bonchev–Trinajstić information content (AvgIpc) is 2.30. The van der Waals surface area contributed by atoms with Crippen LogP contribution in [0.4, 0.5) is 13.6 Å². The summed E-state index contributed by atoms with van der Waals surface area (Å²) in [4.78, 5) is 13.4. The van der Waals surface area contributed by atoms with Crippen molar-refractivity contribution in [1.82, 2.24) is 10.2 Å². The van der Waals surface area contributed by atoms with Crippen molar-refractivity contribution in [1.29, 1.82) is 0 Å². The van der Waals surface area contributed by atoms with Crippen LogP contribution in [0.1, 0.15) is 33.6 Å². The van der Waals surface area contributed by atoms with Gasteiger partial charge in [-0.2, -0.15) is 0 Å². The van der Waals surface area contributed by atoms with Crippen molar-refractivity contribution in [2.24, 2.45) is 0 Å². The minimum absolute atomic E-state index is 0.0194. The van der Waals surface area contributed by atoms with E-state index < -0.39 is 31.1 Å². The summed E-state index contributed by atoms with van der Waals surface area (Å²) >= 11 is 0. The van der Waals surface area contributed by atoms with Gasteiger partial charge in [0.2, 0.25) is 0 Å². The number of likely N-dealkylation sites (tertiary alicyclic amines) is 1. The van der Waals surface area contributed by atoms with E-state index >= 15 is 0 Å². The maximum absolute atomic E-state index is 12.6. The first-order chi connectivity index (χ1) is 8.85. The number of ether oxygens (including phenoxy) is 1. The van der Waals surface area contributed by atoms with Gasteiger partial charge in [-0.1, -0.05) is 0 Å². The molecule has 0 atom stereocenters. The quantitative estimate of drug-likeness (QED) is 0.858. The van der Waals surface area contributed by atoms with Crippen LogP contribution in [-0.4, -0.2) is 55.1 Å². The van der Waals surface area contributed by atoms with Gasteiger partial charge in [-0.25, -0.2) is 13.6 Å². The van der Waals surface area contributed by atoms with E-state index in [1.54, 1.807) is 4.90 Å². The van der Waals surface area contributed by atoms with Crippen LogP contribution in [0.25, 0.3) is 0 Å². The zero-order chi connectivity index (χ0) is 14.5. The van der Waals surface area contributed by atoms with E-state index in [1.807, 2.05) is 20.8 Å². The molecule has 0 aromatic heterocycles. The molecule has 0 spiro atoms. The maximum Gasteiger partial charge on any atom is 0.407 e. The van der Waals surface area contributed by atoms with Gasteiger partial charge in [0.25, 0.3) is 0 Å². The highest BCUT2D eigenvalue weighted by atomic mass is 19.1. The second kappa shape index (κ2) is 7.03. The van der Waals surface area contributed by atoms with Crippen LogP contribution < -0.4 is 5.32 Å². The van der Waals surface area contributed by atoms with Crippen LogP contribution in [-0.2, 0) is 4.74 Å². The highest BCUT2D eigenvalue weighted by molar-refractivity contribution is 5.68. The lowest BCUT2D eigenvalue weighted by Gasteiger charge is -2.35. The Balaban J connectivity index is 2.32. The van der Waals surface area contributed by atoms with Crippen LogP contribution in [0.15, 0.2) is 0 Å². The normalized spacial score (nSPS) is 18.6. The predicted octanol–water partition coefficient (Wildman–Crippen LogP) is 2.28. The third-order valence-corrected chi connectivity index (χ3v) is 3.12. The minimum atomic E-state index is -0.666. The first kappa shape index (κ1) is 16.1. The van der Waals surface area contributed by atoms with Gasteiger partial charge in [0.05, 0.1) is 6.04 Å². The number of rotatable bonds is 4. The maximum atomic E-state index is 12.6. The van der Waals surface area contributed by atoms with Gasteiger partial charge >= 0.3 is 6.09 Å². The summed E-state index contributed by atoms with van der Waals surface area (Å²) in [7, 11) is 0. The van der Waals surface area contributed by atoms with Crippen molar-refractivity contribution >= 4 is 6.09 Å². The molecule has 0 aromatic carbocycles. The second-order valence-electron chi connectivity index (χ2n) is 5.92. The fourth-order valence-corrected chi connectivity index (χ4v) is 2.12. The zero-order valence-corrected chi connectivity index (χ0v) is 11.9. The van der Waals surface area contributed by atoms with Gasteiger partial charge in [0.1, 0.15) is 19.0 Å². The number of hydrogen-bond donors (Lipinski definition) is 1. The third-order valence-electron chi connectivity index (χ3n) is 3.12. The topological polar surface area (TPSA) is 41.6 Å². The molecule has 1 fully saturated rings. The summed E-state index contributed by atoms with van der Waals surface area (Å²) < 4.78 is 30.3. The fraction of sp³-hybridized carbons (Fsp3) is 0.923. The van der Waals surface area contributed by atoms with Gasteiger partial charge < -0.3 is 10.1 Å². The molecule has 0 aromatic rings. The molecule has 4 nitrogen and oxygen atoms in total. The fourth-order valence-electron chi connectivity index (χ4n) is 2.12. The van der Waals surface area contributed by atoms with Gasteiger partial charge in [0, 0.05) is 19.1 Å². The number of piperidine rings is 1. The molecular weight excluding hydrogens is 254 g/mol. The molecule has 1 saturated heterocycles. The van der Waals surface area contributed by atoms with Crippen molar-refractivity contribution in [3.05, 3.63) is 0 Å². The molecule has 19 heavy (non-hydrogen) atoms. The van der Waals surface area contributed by atoms with Gasteiger partial charge in [-0.3, -0.25) is 4.90 Å². The van der Waals surface area contributed by atoms with Crippen LogP contribution in [0.5, 0.6) is 0 Å². The molecule has 0 aliphatic carbocycles. The molecule has 6 heteroatoms. The molecule has 1 rings (SSSR count).